The number of amides is 1. The van der Waals surface area contributed by atoms with Crippen molar-refractivity contribution in [3.05, 3.63) is 64.5 Å². The molecule has 1 heterocycles. The van der Waals surface area contributed by atoms with Gasteiger partial charge in [0.2, 0.25) is 12.6 Å². The summed E-state index contributed by atoms with van der Waals surface area (Å²) in [5.41, 5.74) is 8.73. The molecule has 2 aromatic carbocycles. The molecule has 0 radical (unpaired) electrons. The minimum atomic E-state index is -0.776. The van der Waals surface area contributed by atoms with Gasteiger partial charge in [-0.05, 0) is 35.6 Å². The molecule has 1 aliphatic rings. The van der Waals surface area contributed by atoms with Crippen LogP contribution in [0.3, 0.4) is 0 Å². The number of carbonyl (C=O) groups is 3. The summed E-state index contributed by atoms with van der Waals surface area (Å²) in [5.74, 6) is -0.636. The number of nitrogens with zero attached hydrogens (tertiary/aromatic N) is 1. The van der Waals surface area contributed by atoms with Gasteiger partial charge < -0.3 is 30.7 Å². The quantitative estimate of drug-likeness (QED) is 0.313. The molecule has 186 valence electrons. The van der Waals surface area contributed by atoms with Crippen LogP contribution < -0.4 is 16.4 Å². The van der Waals surface area contributed by atoms with Gasteiger partial charge in [-0.1, -0.05) is 18.2 Å². The Morgan fingerprint density at radius 2 is 2.00 bits per heavy atom. The lowest BCUT2D eigenvalue weighted by molar-refractivity contribution is -0.118. The van der Waals surface area contributed by atoms with Crippen molar-refractivity contribution in [3.8, 4) is 0 Å². The monoisotopic (exact) mass is 482 g/mol. The van der Waals surface area contributed by atoms with Crippen molar-refractivity contribution in [3.63, 3.8) is 0 Å². The Hall–Kier alpha value is -3.08. The van der Waals surface area contributed by atoms with E-state index in [4.69, 9.17) is 10.5 Å². The fourth-order valence-corrected chi connectivity index (χ4v) is 4.22. The molecule has 0 aliphatic carbocycles. The summed E-state index contributed by atoms with van der Waals surface area (Å²) in [6.07, 6.45) is 0.494. The molecule has 0 aromatic heterocycles. The first-order valence-corrected chi connectivity index (χ1v) is 11.8. The zero-order valence-corrected chi connectivity index (χ0v) is 20.0. The third kappa shape index (κ3) is 7.21. The average Bonchev–Trinajstić information content (AvgIpc) is 2.88. The van der Waals surface area contributed by atoms with Gasteiger partial charge in [0.25, 0.3) is 0 Å². The number of aldehydes is 1. The maximum Gasteiger partial charge on any atom is 0.246 e. The second kappa shape index (κ2) is 13.1. The average molecular weight is 482 g/mol. The highest BCUT2D eigenvalue weighted by Crippen LogP contribution is 2.24. The van der Waals surface area contributed by atoms with E-state index in [0.29, 0.717) is 41.9 Å². The fourth-order valence-electron chi connectivity index (χ4n) is 4.22. The molecule has 4 N–H and O–H groups in total. The number of nitrogens with one attached hydrogen (secondary N) is 2. The van der Waals surface area contributed by atoms with E-state index in [0.717, 1.165) is 25.2 Å². The molecule has 8 nitrogen and oxygen atoms in total. The topological polar surface area (TPSA) is 114 Å². The van der Waals surface area contributed by atoms with Crippen molar-refractivity contribution in [2.75, 3.05) is 38.7 Å². The second-order valence-electron chi connectivity index (χ2n) is 8.54. The van der Waals surface area contributed by atoms with Gasteiger partial charge >= 0.3 is 0 Å². The van der Waals surface area contributed by atoms with Crippen LogP contribution in [0.15, 0.2) is 36.4 Å². The van der Waals surface area contributed by atoms with Crippen LogP contribution in [0.1, 0.15) is 27.0 Å². The van der Waals surface area contributed by atoms with Gasteiger partial charge in [-0.2, -0.15) is 0 Å². The Bertz CT molecular complexity index is 1050. The number of morpholine rings is 1. The van der Waals surface area contributed by atoms with Crippen molar-refractivity contribution in [2.45, 2.75) is 32.3 Å². The molecule has 1 saturated heterocycles. The SMILES string of the molecule is CNC(=O)CB(CC=O)C(=O)c1cccc(NCc2cc(CN3CCOCC3)ccc2F)c1CN. The number of rotatable bonds is 12. The summed E-state index contributed by atoms with van der Waals surface area (Å²) in [6.45, 7) is 3.31. The largest absolute Gasteiger partial charge is 0.381 e. The van der Waals surface area contributed by atoms with E-state index >= 15 is 0 Å². The van der Waals surface area contributed by atoms with E-state index in [2.05, 4.69) is 15.5 Å². The first-order valence-electron chi connectivity index (χ1n) is 11.8. The minimum Gasteiger partial charge on any atom is -0.381 e. The third-order valence-corrected chi connectivity index (χ3v) is 6.20. The highest BCUT2D eigenvalue weighted by atomic mass is 19.1. The van der Waals surface area contributed by atoms with Crippen LogP contribution in [-0.2, 0) is 34.0 Å². The number of benzene rings is 2. The molecule has 10 heteroatoms. The highest BCUT2D eigenvalue weighted by molar-refractivity contribution is 6.95. The van der Waals surface area contributed by atoms with Crippen molar-refractivity contribution in [1.29, 1.82) is 0 Å². The van der Waals surface area contributed by atoms with Crippen molar-refractivity contribution < 1.29 is 23.5 Å². The van der Waals surface area contributed by atoms with Gasteiger partial charge in [-0.15, -0.1) is 0 Å². The van der Waals surface area contributed by atoms with Gasteiger partial charge in [0.15, 0.2) is 0 Å². The summed E-state index contributed by atoms with van der Waals surface area (Å²) in [4.78, 5) is 38.4. The zero-order chi connectivity index (χ0) is 25.2. The summed E-state index contributed by atoms with van der Waals surface area (Å²) in [7, 11) is 1.48. The van der Waals surface area contributed by atoms with Crippen molar-refractivity contribution in [1.82, 2.24) is 10.2 Å². The predicted octanol–water partition coefficient (Wildman–Crippen LogP) is 1.89. The lowest BCUT2D eigenvalue weighted by atomic mass is 9.40. The number of anilines is 1. The molecule has 35 heavy (non-hydrogen) atoms. The Balaban J connectivity index is 1.77. The maximum absolute atomic E-state index is 14.6. The molecule has 0 unspecified atom stereocenters. The van der Waals surface area contributed by atoms with Gasteiger partial charge in [-0.3, -0.25) is 9.69 Å². The normalized spacial score (nSPS) is 13.8. The van der Waals surface area contributed by atoms with Gasteiger partial charge in [0.05, 0.1) is 13.2 Å². The predicted molar refractivity (Wildman–Crippen MR) is 134 cm³/mol. The van der Waals surface area contributed by atoms with Crippen LogP contribution in [0.4, 0.5) is 10.1 Å². The van der Waals surface area contributed by atoms with Crippen LogP contribution in [0, 0.1) is 5.82 Å². The van der Waals surface area contributed by atoms with E-state index in [9.17, 15) is 18.8 Å². The van der Waals surface area contributed by atoms with Crippen LogP contribution in [-0.4, -0.2) is 62.8 Å². The first kappa shape index (κ1) is 26.5. The maximum atomic E-state index is 14.6. The molecule has 1 amide bonds. The lowest BCUT2D eigenvalue weighted by Crippen LogP contribution is -2.35. The Morgan fingerprint density at radius 3 is 2.69 bits per heavy atom. The van der Waals surface area contributed by atoms with E-state index in [1.54, 1.807) is 24.3 Å². The fraction of sp³-hybridized carbons (Fsp3) is 0.400. The number of hydrogen-bond acceptors (Lipinski definition) is 7. The van der Waals surface area contributed by atoms with E-state index < -0.39 is 6.71 Å². The molecule has 1 fully saturated rings. The van der Waals surface area contributed by atoms with Crippen molar-refractivity contribution >= 4 is 30.3 Å². The lowest BCUT2D eigenvalue weighted by Gasteiger charge is -2.26. The van der Waals surface area contributed by atoms with Crippen LogP contribution in [0.25, 0.3) is 0 Å². The second-order valence-corrected chi connectivity index (χ2v) is 8.54. The summed E-state index contributed by atoms with van der Waals surface area (Å²) >= 11 is 0. The van der Waals surface area contributed by atoms with E-state index in [1.807, 2.05) is 6.07 Å². The van der Waals surface area contributed by atoms with Crippen molar-refractivity contribution in [2.24, 2.45) is 5.73 Å². The number of ether oxygens (including phenoxy) is 1. The number of halogens is 1. The van der Waals surface area contributed by atoms with E-state index in [1.165, 1.54) is 13.1 Å². The van der Waals surface area contributed by atoms with Crippen LogP contribution >= 0.6 is 0 Å². The molecule has 0 atom stereocenters. The third-order valence-electron chi connectivity index (χ3n) is 6.20. The van der Waals surface area contributed by atoms with Gasteiger partial charge in [-0.25, -0.2) is 4.39 Å². The highest BCUT2D eigenvalue weighted by Gasteiger charge is 2.29. The Morgan fingerprint density at radius 1 is 1.23 bits per heavy atom. The Labute approximate surface area is 205 Å². The molecule has 2 aromatic rings. The minimum absolute atomic E-state index is 0.0604. The summed E-state index contributed by atoms with van der Waals surface area (Å²) < 4.78 is 19.9. The zero-order valence-electron chi connectivity index (χ0n) is 20.0. The number of nitrogens with two attached hydrogens (primary N) is 1. The number of carbonyl (C=O) groups excluding carboxylic acids is 3. The molecule has 0 spiro atoms. The van der Waals surface area contributed by atoms with Gasteiger partial charge in [0, 0.05) is 62.9 Å². The molecular formula is C25H32BFN4O4. The standard InChI is InChI=1S/C25H32BFN4O4/c1-29-24(33)14-26(7-10-32)25(34)20-3-2-4-23(21(20)15-28)30-16-19-13-18(5-6-22(19)27)17-31-8-11-35-12-9-31/h2-6,10,13,30H,7-9,11-12,14-17,28H2,1H3,(H,29,33). The summed E-state index contributed by atoms with van der Waals surface area (Å²) in [5, 5.41) is 5.70. The smallest absolute Gasteiger partial charge is 0.246 e. The molecular weight excluding hydrogens is 450 g/mol. The summed E-state index contributed by atoms with van der Waals surface area (Å²) in [6, 6.07) is 10.2. The van der Waals surface area contributed by atoms with Gasteiger partial charge in [0.1, 0.15) is 17.8 Å². The molecule has 0 bridgehead atoms. The molecule has 0 saturated carbocycles. The van der Waals surface area contributed by atoms with E-state index in [-0.39, 0.29) is 43.1 Å². The Kier molecular flexibility index (Phi) is 9.95. The molecule has 1 aliphatic heterocycles. The first-order chi connectivity index (χ1) is 17.0. The molecule has 3 rings (SSSR count). The number of hydrogen-bond donors (Lipinski definition) is 3. The van der Waals surface area contributed by atoms with Crippen LogP contribution in [0.5, 0.6) is 0 Å². The van der Waals surface area contributed by atoms with Crippen LogP contribution in [0.2, 0.25) is 12.6 Å².